The number of piperidine rings is 1. The van der Waals surface area contributed by atoms with E-state index in [0.717, 1.165) is 12.2 Å². The normalized spacial score (nSPS) is 27.9. The van der Waals surface area contributed by atoms with Crippen molar-refractivity contribution in [2.45, 2.75) is 18.3 Å². The first kappa shape index (κ1) is 12.0. The lowest BCUT2D eigenvalue weighted by molar-refractivity contribution is 0.364. The van der Waals surface area contributed by atoms with E-state index >= 15 is 0 Å². The van der Waals surface area contributed by atoms with Gasteiger partial charge in [-0.2, -0.15) is 0 Å². The van der Waals surface area contributed by atoms with Crippen LogP contribution in [0.25, 0.3) is 11.3 Å². The van der Waals surface area contributed by atoms with E-state index < -0.39 is 0 Å². The fourth-order valence-electron chi connectivity index (χ4n) is 3.64. The SMILES string of the molecule is Fc1ccccc1-c1ccc(C23CCN(CC2)C3)cn1. The average molecular weight is 268 g/mol. The zero-order chi connectivity index (χ0) is 13.6. The van der Waals surface area contributed by atoms with Crippen LogP contribution < -0.4 is 0 Å². The first-order valence-corrected chi connectivity index (χ1v) is 7.21. The van der Waals surface area contributed by atoms with Crippen molar-refractivity contribution in [3.05, 3.63) is 54.0 Å². The molecule has 2 fully saturated rings. The number of halogens is 1. The Morgan fingerprint density at radius 3 is 2.45 bits per heavy atom. The highest BCUT2D eigenvalue weighted by atomic mass is 19.1. The maximum Gasteiger partial charge on any atom is 0.132 e. The molecular weight excluding hydrogens is 251 g/mol. The molecule has 0 atom stereocenters. The second-order valence-corrected chi connectivity index (χ2v) is 5.97. The van der Waals surface area contributed by atoms with E-state index in [-0.39, 0.29) is 5.82 Å². The predicted molar refractivity (Wildman–Crippen MR) is 77.0 cm³/mol. The minimum absolute atomic E-state index is 0.209. The molecule has 0 amide bonds. The Morgan fingerprint density at radius 2 is 1.85 bits per heavy atom. The van der Waals surface area contributed by atoms with Crippen LogP contribution in [0.5, 0.6) is 0 Å². The highest BCUT2D eigenvalue weighted by molar-refractivity contribution is 5.60. The minimum atomic E-state index is -0.209. The molecule has 0 N–H and O–H groups in total. The molecule has 0 radical (unpaired) electrons. The van der Waals surface area contributed by atoms with E-state index in [1.807, 2.05) is 18.3 Å². The Morgan fingerprint density at radius 1 is 1.05 bits per heavy atom. The van der Waals surface area contributed by atoms with E-state index in [9.17, 15) is 4.39 Å². The van der Waals surface area contributed by atoms with Gasteiger partial charge in [-0.3, -0.25) is 4.98 Å². The molecule has 0 unspecified atom stereocenters. The zero-order valence-electron chi connectivity index (χ0n) is 11.3. The Balaban J connectivity index is 1.68. The van der Waals surface area contributed by atoms with Gasteiger partial charge in [-0.05, 0) is 49.7 Å². The number of fused-ring (bicyclic) bond motifs is 2. The summed E-state index contributed by atoms with van der Waals surface area (Å²) in [6.45, 7) is 3.57. The van der Waals surface area contributed by atoms with E-state index in [4.69, 9.17) is 0 Å². The van der Waals surface area contributed by atoms with Crippen LogP contribution in [0, 0.1) is 5.82 Å². The van der Waals surface area contributed by atoms with Crippen LogP contribution in [-0.4, -0.2) is 29.5 Å². The predicted octanol–water partition coefficient (Wildman–Crippen LogP) is 3.23. The monoisotopic (exact) mass is 268 g/mol. The third-order valence-electron chi connectivity index (χ3n) is 4.87. The Kier molecular flexibility index (Phi) is 2.64. The van der Waals surface area contributed by atoms with Gasteiger partial charge < -0.3 is 4.90 Å². The highest BCUT2D eigenvalue weighted by Crippen LogP contribution is 2.43. The molecule has 1 aromatic carbocycles. The van der Waals surface area contributed by atoms with E-state index in [2.05, 4.69) is 16.0 Å². The molecule has 1 aromatic heterocycles. The molecule has 20 heavy (non-hydrogen) atoms. The number of benzene rings is 1. The third-order valence-corrected chi connectivity index (χ3v) is 4.87. The number of pyridine rings is 1. The van der Waals surface area contributed by atoms with Gasteiger partial charge in [0, 0.05) is 23.7 Å². The summed E-state index contributed by atoms with van der Waals surface area (Å²) >= 11 is 0. The molecule has 0 saturated carbocycles. The standard InChI is InChI=1S/C17H17FN2/c18-15-4-2-1-3-14(15)16-6-5-13(11-19-16)17-7-9-20(12-17)10-8-17/h1-6,11H,7-10,12H2. The maximum atomic E-state index is 13.8. The van der Waals surface area contributed by atoms with Crippen molar-refractivity contribution >= 4 is 0 Å². The van der Waals surface area contributed by atoms with Gasteiger partial charge in [0.15, 0.2) is 0 Å². The van der Waals surface area contributed by atoms with Crippen molar-refractivity contribution in [1.29, 1.82) is 0 Å². The van der Waals surface area contributed by atoms with Crippen molar-refractivity contribution in [3.63, 3.8) is 0 Å². The summed E-state index contributed by atoms with van der Waals surface area (Å²) in [5.74, 6) is -0.209. The molecule has 102 valence electrons. The average Bonchev–Trinajstić information content (AvgIpc) is 3.10. The largest absolute Gasteiger partial charge is 0.302 e. The molecule has 2 aliphatic heterocycles. The molecular formula is C17H17FN2. The lowest BCUT2D eigenvalue weighted by atomic mass is 9.78. The van der Waals surface area contributed by atoms with Crippen LogP contribution in [0.2, 0.25) is 0 Å². The fourth-order valence-corrected chi connectivity index (χ4v) is 3.64. The summed E-state index contributed by atoms with van der Waals surface area (Å²) < 4.78 is 13.8. The van der Waals surface area contributed by atoms with Crippen molar-refractivity contribution < 1.29 is 4.39 Å². The summed E-state index contributed by atoms with van der Waals surface area (Å²) in [5, 5.41) is 0. The lowest BCUT2D eigenvalue weighted by Gasteiger charge is -2.25. The minimum Gasteiger partial charge on any atom is -0.302 e. The van der Waals surface area contributed by atoms with E-state index in [1.54, 1.807) is 12.1 Å². The van der Waals surface area contributed by atoms with E-state index in [1.165, 1.54) is 37.6 Å². The Bertz CT molecular complexity index is 628. The molecule has 2 saturated heterocycles. The van der Waals surface area contributed by atoms with E-state index in [0.29, 0.717) is 11.0 Å². The van der Waals surface area contributed by atoms with Gasteiger partial charge in [-0.25, -0.2) is 4.39 Å². The molecule has 2 aliphatic rings. The summed E-state index contributed by atoms with van der Waals surface area (Å²) in [4.78, 5) is 7.03. The van der Waals surface area contributed by atoms with Crippen molar-refractivity contribution in [2.75, 3.05) is 19.6 Å². The van der Waals surface area contributed by atoms with Crippen LogP contribution in [0.15, 0.2) is 42.6 Å². The number of rotatable bonds is 2. The van der Waals surface area contributed by atoms with Gasteiger partial charge in [-0.1, -0.05) is 18.2 Å². The van der Waals surface area contributed by atoms with Gasteiger partial charge in [0.1, 0.15) is 5.82 Å². The number of aromatic nitrogens is 1. The number of hydrogen-bond donors (Lipinski definition) is 0. The van der Waals surface area contributed by atoms with Crippen molar-refractivity contribution in [3.8, 4) is 11.3 Å². The van der Waals surface area contributed by atoms with Gasteiger partial charge in [0.25, 0.3) is 0 Å². The number of nitrogens with zero attached hydrogens (tertiary/aromatic N) is 2. The third kappa shape index (κ3) is 1.77. The summed E-state index contributed by atoms with van der Waals surface area (Å²) in [6, 6.07) is 10.9. The maximum absolute atomic E-state index is 13.8. The van der Waals surface area contributed by atoms with Gasteiger partial charge >= 0.3 is 0 Å². The van der Waals surface area contributed by atoms with Gasteiger partial charge in [0.2, 0.25) is 0 Å². The fraction of sp³-hybridized carbons (Fsp3) is 0.353. The molecule has 4 rings (SSSR count). The van der Waals surface area contributed by atoms with Crippen LogP contribution in [0.1, 0.15) is 18.4 Å². The molecule has 2 nitrogen and oxygen atoms in total. The van der Waals surface area contributed by atoms with Crippen LogP contribution >= 0.6 is 0 Å². The molecule has 3 heterocycles. The van der Waals surface area contributed by atoms with Gasteiger partial charge in [-0.15, -0.1) is 0 Å². The molecule has 2 aromatic rings. The zero-order valence-corrected chi connectivity index (χ0v) is 11.3. The smallest absolute Gasteiger partial charge is 0.132 e. The topological polar surface area (TPSA) is 16.1 Å². The summed E-state index contributed by atoms with van der Waals surface area (Å²) in [5.41, 5.74) is 2.92. The Hall–Kier alpha value is -1.74. The molecule has 2 bridgehead atoms. The highest BCUT2D eigenvalue weighted by Gasteiger charge is 2.44. The first-order chi connectivity index (χ1) is 9.77. The van der Waals surface area contributed by atoms with Gasteiger partial charge in [0.05, 0.1) is 5.69 Å². The van der Waals surface area contributed by atoms with Crippen LogP contribution in [0.3, 0.4) is 0 Å². The van der Waals surface area contributed by atoms with Crippen LogP contribution in [0.4, 0.5) is 4.39 Å². The van der Waals surface area contributed by atoms with Crippen LogP contribution in [-0.2, 0) is 5.41 Å². The Labute approximate surface area is 118 Å². The second kappa shape index (κ2) is 4.38. The lowest BCUT2D eigenvalue weighted by Crippen LogP contribution is -2.24. The molecule has 0 spiro atoms. The van der Waals surface area contributed by atoms with Crippen molar-refractivity contribution in [1.82, 2.24) is 9.88 Å². The second-order valence-electron chi connectivity index (χ2n) is 5.97. The number of hydrogen-bond acceptors (Lipinski definition) is 2. The van der Waals surface area contributed by atoms with Crippen molar-refractivity contribution in [2.24, 2.45) is 0 Å². The molecule has 3 heteroatoms. The molecule has 0 aliphatic carbocycles. The summed E-state index contributed by atoms with van der Waals surface area (Å²) in [7, 11) is 0. The first-order valence-electron chi connectivity index (χ1n) is 7.21. The quantitative estimate of drug-likeness (QED) is 0.831. The summed E-state index contributed by atoms with van der Waals surface area (Å²) in [6.07, 6.45) is 4.41.